The smallest absolute Gasteiger partial charge is 0.313 e. The van der Waals surface area contributed by atoms with E-state index in [0.717, 1.165) is 19.2 Å². The number of ether oxygens (including phenoxy) is 1. The van der Waals surface area contributed by atoms with E-state index in [4.69, 9.17) is 0 Å². The van der Waals surface area contributed by atoms with Crippen LogP contribution >= 0.6 is 0 Å². The number of benzene rings is 1. The molecule has 0 N–H and O–H groups in total. The molecule has 0 unspecified atom stereocenters. The molecule has 0 fully saturated rings. The largest absolute Gasteiger partial charge is 0.469 e. The van der Waals surface area contributed by atoms with Gasteiger partial charge in [-0.1, -0.05) is 0 Å². The molecule has 86 valence electrons. The maximum Gasteiger partial charge on any atom is 0.313 e. The third-order valence-electron chi connectivity index (χ3n) is 2.08. The van der Waals surface area contributed by atoms with Crippen molar-refractivity contribution >= 4 is 11.8 Å². The van der Waals surface area contributed by atoms with E-state index in [1.165, 1.54) is 6.92 Å². The van der Waals surface area contributed by atoms with E-state index in [1.807, 2.05) is 0 Å². The SMILES string of the molecule is COC(=O)CC(=O)c1cc(F)c(C)cc1F. The molecule has 0 radical (unpaired) electrons. The van der Waals surface area contributed by atoms with Crippen molar-refractivity contribution in [2.45, 2.75) is 13.3 Å². The van der Waals surface area contributed by atoms with Crippen molar-refractivity contribution in [3.8, 4) is 0 Å². The number of hydrogen-bond acceptors (Lipinski definition) is 3. The minimum Gasteiger partial charge on any atom is -0.469 e. The zero-order valence-electron chi connectivity index (χ0n) is 8.84. The predicted octanol–water partition coefficient (Wildman–Crippen LogP) is 2.02. The van der Waals surface area contributed by atoms with Crippen LogP contribution in [0.1, 0.15) is 22.3 Å². The highest BCUT2D eigenvalue weighted by Crippen LogP contribution is 2.15. The summed E-state index contributed by atoms with van der Waals surface area (Å²) >= 11 is 0. The van der Waals surface area contributed by atoms with Crippen molar-refractivity contribution in [1.82, 2.24) is 0 Å². The van der Waals surface area contributed by atoms with Crippen molar-refractivity contribution in [3.63, 3.8) is 0 Å². The fourth-order valence-corrected chi connectivity index (χ4v) is 1.16. The van der Waals surface area contributed by atoms with Gasteiger partial charge in [-0.15, -0.1) is 0 Å². The van der Waals surface area contributed by atoms with Gasteiger partial charge in [0.15, 0.2) is 5.78 Å². The summed E-state index contributed by atoms with van der Waals surface area (Å²) in [5.41, 5.74) is -0.333. The predicted molar refractivity (Wildman–Crippen MR) is 52.1 cm³/mol. The van der Waals surface area contributed by atoms with Gasteiger partial charge >= 0.3 is 5.97 Å². The Morgan fingerprint density at radius 2 is 1.88 bits per heavy atom. The summed E-state index contributed by atoms with van der Waals surface area (Å²) in [6.07, 6.45) is -0.601. The van der Waals surface area contributed by atoms with Gasteiger partial charge in [-0.05, 0) is 24.6 Å². The molecule has 0 saturated heterocycles. The minimum absolute atomic E-state index is 0.104. The first-order chi connectivity index (χ1) is 7.45. The molecule has 0 aliphatic heterocycles. The number of carbonyl (C=O) groups is 2. The lowest BCUT2D eigenvalue weighted by Crippen LogP contribution is -2.11. The van der Waals surface area contributed by atoms with Crippen LogP contribution in [0.25, 0.3) is 0 Å². The second kappa shape index (κ2) is 4.83. The Kier molecular flexibility index (Phi) is 3.71. The van der Waals surface area contributed by atoms with Gasteiger partial charge in [0.25, 0.3) is 0 Å². The lowest BCUT2D eigenvalue weighted by Gasteiger charge is -2.04. The Balaban J connectivity index is 3.00. The Hall–Kier alpha value is -1.78. The summed E-state index contributed by atoms with van der Waals surface area (Å²) in [6.45, 7) is 1.38. The van der Waals surface area contributed by atoms with Gasteiger partial charge in [-0.2, -0.15) is 0 Å². The van der Waals surface area contributed by atoms with E-state index < -0.39 is 35.4 Å². The van der Waals surface area contributed by atoms with Crippen LogP contribution in [0.3, 0.4) is 0 Å². The zero-order chi connectivity index (χ0) is 12.3. The Morgan fingerprint density at radius 1 is 1.25 bits per heavy atom. The highest BCUT2D eigenvalue weighted by molar-refractivity contribution is 6.06. The van der Waals surface area contributed by atoms with Gasteiger partial charge < -0.3 is 4.74 Å². The number of halogens is 2. The van der Waals surface area contributed by atoms with Crippen LogP contribution in [0.2, 0.25) is 0 Å². The van der Waals surface area contributed by atoms with Gasteiger partial charge in [-0.25, -0.2) is 8.78 Å². The normalized spacial score (nSPS) is 10.0. The van der Waals surface area contributed by atoms with Gasteiger partial charge in [0.2, 0.25) is 0 Å². The maximum absolute atomic E-state index is 13.3. The molecule has 0 amide bonds. The van der Waals surface area contributed by atoms with E-state index in [1.54, 1.807) is 0 Å². The molecule has 5 heteroatoms. The third kappa shape index (κ3) is 2.62. The van der Waals surface area contributed by atoms with Crippen LogP contribution in [0, 0.1) is 18.6 Å². The molecule has 0 aliphatic carbocycles. The van der Waals surface area contributed by atoms with Crippen molar-refractivity contribution < 1.29 is 23.1 Å². The molecule has 0 heterocycles. The van der Waals surface area contributed by atoms with Crippen LogP contribution < -0.4 is 0 Å². The number of esters is 1. The lowest BCUT2D eigenvalue weighted by atomic mass is 10.1. The number of methoxy groups -OCH3 is 1. The van der Waals surface area contributed by atoms with Crippen LogP contribution in [0.5, 0.6) is 0 Å². The molecular formula is C11H10F2O3. The van der Waals surface area contributed by atoms with Crippen LogP contribution in [0.4, 0.5) is 8.78 Å². The summed E-state index contributed by atoms with van der Waals surface area (Å²) in [4.78, 5) is 22.2. The van der Waals surface area contributed by atoms with Crippen LogP contribution in [0.15, 0.2) is 12.1 Å². The molecule has 1 rings (SSSR count). The van der Waals surface area contributed by atoms with Crippen LogP contribution in [-0.2, 0) is 9.53 Å². The maximum atomic E-state index is 13.3. The number of ketones is 1. The highest BCUT2D eigenvalue weighted by Gasteiger charge is 2.17. The van der Waals surface area contributed by atoms with Gasteiger partial charge in [0.05, 0.1) is 12.7 Å². The first-order valence-corrected chi connectivity index (χ1v) is 4.51. The number of hydrogen-bond donors (Lipinski definition) is 0. The van der Waals surface area contributed by atoms with Crippen molar-refractivity contribution in [2.75, 3.05) is 7.11 Å². The highest BCUT2D eigenvalue weighted by atomic mass is 19.1. The minimum atomic E-state index is -0.840. The number of rotatable bonds is 3. The molecule has 1 aromatic rings. The van der Waals surface area contributed by atoms with E-state index in [2.05, 4.69) is 4.74 Å². The fourth-order valence-electron chi connectivity index (χ4n) is 1.16. The Morgan fingerprint density at radius 3 is 2.44 bits per heavy atom. The Bertz CT molecular complexity index is 441. The van der Waals surface area contributed by atoms with Gasteiger partial charge in [0, 0.05) is 0 Å². The van der Waals surface area contributed by atoms with Crippen molar-refractivity contribution in [3.05, 3.63) is 34.9 Å². The second-order valence-corrected chi connectivity index (χ2v) is 3.26. The van der Waals surface area contributed by atoms with Crippen molar-refractivity contribution in [1.29, 1.82) is 0 Å². The lowest BCUT2D eigenvalue weighted by molar-refractivity contribution is -0.139. The third-order valence-corrected chi connectivity index (χ3v) is 2.08. The molecule has 0 spiro atoms. The average Bonchev–Trinajstić information content (AvgIpc) is 2.23. The molecule has 0 saturated carbocycles. The van der Waals surface area contributed by atoms with E-state index >= 15 is 0 Å². The fraction of sp³-hybridized carbons (Fsp3) is 0.273. The zero-order valence-corrected chi connectivity index (χ0v) is 8.84. The summed E-state index contributed by atoms with van der Waals surface area (Å²) in [5, 5.41) is 0. The topological polar surface area (TPSA) is 43.4 Å². The molecule has 0 bridgehead atoms. The summed E-state index contributed by atoms with van der Waals surface area (Å²) < 4.78 is 30.7. The Labute approximate surface area is 91.0 Å². The number of Topliss-reactive ketones (excluding diaryl/α,β-unsaturated/α-hetero) is 1. The first-order valence-electron chi connectivity index (χ1n) is 4.51. The molecule has 0 aromatic heterocycles. The van der Waals surface area contributed by atoms with E-state index in [9.17, 15) is 18.4 Å². The molecule has 1 aromatic carbocycles. The summed E-state index contributed by atoms with van der Waals surface area (Å²) in [6, 6.07) is 1.70. The van der Waals surface area contributed by atoms with Gasteiger partial charge in [-0.3, -0.25) is 9.59 Å². The van der Waals surface area contributed by atoms with E-state index in [0.29, 0.717) is 0 Å². The molecule has 16 heavy (non-hydrogen) atoms. The quantitative estimate of drug-likeness (QED) is 0.451. The average molecular weight is 228 g/mol. The monoisotopic (exact) mass is 228 g/mol. The molecule has 3 nitrogen and oxygen atoms in total. The summed E-state index contributed by atoms with van der Waals surface area (Å²) in [7, 11) is 1.11. The van der Waals surface area contributed by atoms with Crippen LogP contribution in [-0.4, -0.2) is 18.9 Å². The van der Waals surface area contributed by atoms with Gasteiger partial charge in [0.1, 0.15) is 18.1 Å². The van der Waals surface area contributed by atoms with Crippen molar-refractivity contribution in [2.24, 2.45) is 0 Å². The molecule has 0 atom stereocenters. The first kappa shape index (κ1) is 12.3. The standard InChI is InChI=1S/C11H10F2O3/c1-6-3-9(13)7(4-8(6)12)10(14)5-11(15)16-2/h3-4H,5H2,1-2H3. The number of carbonyl (C=O) groups excluding carboxylic acids is 2. The summed E-state index contributed by atoms with van der Waals surface area (Å²) in [5.74, 6) is -3.11. The number of aryl methyl sites for hydroxylation is 1. The van der Waals surface area contributed by atoms with E-state index in [-0.39, 0.29) is 5.56 Å². The molecule has 0 aliphatic rings. The second-order valence-electron chi connectivity index (χ2n) is 3.26. The molecular weight excluding hydrogens is 218 g/mol.